The van der Waals surface area contributed by atoms with E-state index in [2.05, 4.69) is 4.72 Å². The summed E-state index contributed by atoms with van der Waals surface area (Å²) in [6.07, 6.45) is 4.00. The number of carbonyl (C=O) groups is 1. The monoisotopic (exact) mass is 495 g/mol. The largest absolute Gasteiger partial charge is 0.423 e. The van der Waals surface area contributed by atoms with Crippen LogP contribution >= 0.6 is 0 Å². The highest BCUT2D eigenvalue weighted by Crippen LogP contribution is 2.37. The van der Waals surface area contributed by atoms with Crippen molar-refractivity contribution < 1.29 is 22.7 Å². The molecule has 0 aliphatic heterocycles. The maximum atomic E-state index is 13.3. The van der Waals surface area contributed by atoms with E-state index in [1.807, 2.05) is 60.7 Å². The summed E-state index contributed by atoms with van der Waals surface area (Å²) in [7, 11) is -3.86. The summed E-state index contributed by atoms with van der Waals surface area (Å²) in [5.41, 5.74) is 1.01. The Morgan fingerprint density at radius 1 is 0.943 bits per heavy atom. The van der Waals surface area contributed by atoms with Crippen LogP contribution in [0.2, 0.25) is 0 Å². The first-order chi connectivity index (χ1) is 17.0. The topological polar surface area (TPSA) is 81.7 Å². The Kier molecular flexibility index (Phi) is 8.55. The number of carbonyl (C=O) groups excluding carboxylic acids is 1. The number of ether oxygens (including phenoxy) is 2. The van der Waals surface area contributed by atoms with Gasteiger partial charge in [0, 0.05) is 17.9 Å². The van der Waals surface area contributed by atoms with Gasteiger partial charge in [0.15, 0.2) is 0 Å². The third-order valence-electron chi connectivity index (χ3n) is 6.64. The highest BCUT2D eigenvalue weighted by atomic mass is 32.2. The molecular formula is C28H33NO5S. The van der Waals surface area contributed by atoms with E-state index < -0.39 is 22.2 Å². The molecule has 1 N–H and O–H groups in total. The molecule has 0 aromatic heterocycles. The number of fused-ring (bicyclic) bond motifs is 1. The van der Waals surface area contributed by atoms with Crippen LogP contribution in [-0.4, -0.2) is 33.0 Å². The average molecular weight is 496 g/mol. The van der Waals surface area contributed by atoms with Crippen LogP contribution in [0.3, 0.4) is 0 Å². The number of sulfonamides is 1. The van der Waals surface area contributed by atoms with Gasteiger partial charge >= 0.3 is 5.97 Å². The number of nitrogens with one attached hydrogen (secondary N) is 1. The van der Waals surface area contributed by atoms with Gasteiger partial charge < -0.3 is 9.47 Å². The van der Waals surface area contributed by atoms with Gasteiger partial charge in [-0.3, -0.25) is 0 Å². The van der Waals surface area contributed by atoms with Gasteiger partial charge in [-0.15, -0.1) is 0 Å². The molecule has 1 aliphatic rings. The molecule has 1 fully saturated rings. The fourth-order valence-corrected chi connectivity index (χ4v) is 6.48. The minimum absolute atomic E-state index is 0.104. The maximum Gasteiger partial charge on any atom is 0.356 e. The fourth-order valence-electron chi connectivity index (χ4n) is 4.95. The van der Waals surface area contributed by atoms with E-state index in [9.17, 15) is 13.2 Å². The summed E-state index contributed by atoms with van der Waals surface area (Å²) in [4.78, 5) is 13.0. The molecule has 0 heterocycles. The molecule has 186 valence electrons. The predicted molar refractivity (Wildman–Crippen MR) is 138 cm³/mol. The van der Waals surface area contributed by atoms with E-state index in [0.29, 0.717) is 5.75 Å². The van der Waals surface area contributed by atoms with Gasteiger partial charge in [-0.2, -0.15) is 4.72 Å². The highest BCUT2D eigenvalue weighted by molar-refractivity contribution is 7.89. The van der Waals surface area contributed by atoms with Crippen molar-refractivity contribution in [3.05, 3.63) is 78.4 Å². The van der Waals surface area contributed by atoms with Crippen molar-refractivity contribution in [1.82, 2.24) is 4.72 Å². The van der Waals surface area contributed by atoms with Crippen LogP contribution < -0.4 is 9.46 Å². The van der Waals surface area contributed by atoms with Gasteiger partial charge in [0.05, 0.1) is 5.75 Å². The third kappa shape index (κ3) is 6.69. The first-order valence-corrected chi connectivity index (χ1v) is 14.0. The molecule has 3 aromatic carbocycles. The molecule has 1 aliphatic carbocycles. The Hall–Kier alpha value is -2.74. The molecular weight excluding hydrogens is 462 g/mol. The predicted octanol–water partition coefficient (Wildman–Crippen LogP) is 5.39. The van der Waals surface area contributed by atoms with Crippen LogP contribution in [0.4, 0.5) is 0 Å². The van der Waals surface area contributed by atoms with Gasteiger partial charge in [-0.25, -0.2) is 13.2 Å². The van der Waals surface area contributed by atoms with Crippen LogP contribution in [-0.2, 0) is 19.6 Å². The average Bonchev–Trinajstić information content (AvgIpc) is 2.88. The minimum atomic E-state index is -3.86. The first kappa shape index (κ1) is 25.4. The van der Waals surface area contributed by atoms with Crippen molar-refractivity contribution in [2.75, 3.05) is 12.4 Å². The zero-order valence-electron chi connectivity index (χ0n) is 20.1. The smallest absolute Gasteiger partial charge is 0.356 e. The highest BCUT2D eigenvalue weighted by Gasteiger charge is 2.33. The molecule has 0 saturated heterocycles. The SMILES string of the molecule is CCOC(NS(=O)(=O)CC(c1ccccc1)C1CCCCC1)C(=O)Oc1cccc2ccccc12. The molecule has 0 spiro atoms. The summed E-state index contributed by atoms with van der Waals surface area (Å²) in [5, 5.41) is 1.69. The Morgan fingerprint density at radius 2 is 1.63 bits per heavy atom. The van der Waals surface area contributed by atoms with Gasteiger partial charge in [-0.1, -0.05) is 86.0 Å². The molecule has 4 rings (SSSR count). The second-order valence-electron chi connectivity index (χ2n) is 9.05. The van der Waals surface area contributed by atoms with Gasteiger partial charge in [-0.05, 0) is 42.7 Å². The molecule has 2 atom stereocenters. The van der Waals surface area contributed by atoms with Crippen LogP contribution in [0.1, 0.15) is 50.5 Å². The Morgan fingerprint density at radius 3 is 2.37 bits per heavy atom. The summed E-state index contributed by atoms with van der Waals surface area (Å²) in [6, 6.07) is 22.7. The lowest BCUT2D eigenvalue weighted by Gasteiger charge is -2.31. The summed E-state index contributed by atoms with van der Waals surface area (Å²) in [5.74, 6) is -0.393. The first-order valence-electron chi connectivity index (χ1n) is 12.3. The number of benzene rings is 3. The zero-order chi connectivity index (χ0) is 24.7. The molecule has 35 heavy (non-hydrogen) atoms. The van der Waals surface area contributed by atoms with E-state index in [4.69, 9.17) is 9.47 Å². The van der Waals surface area contributed by atoms with E-state index in [0.717, 1.165) is 42.0 Å². The Bertz CT molecular complexity index is 1220. The standard InChI is InChI=1S/C28H33NO5S/c1-2-33-27(28(30)34-26-19-11-17-21-16-9-10-18-24(21)26)29-35(31,32)20-25(22-12-5-3-6-13-22)23-14-7-4-8-15-23/h3,5-6,9-13,16-19,23,25,27,29H,2,4,7-8,14-15,20H2,1H3. The van der Waals surface area contributed by atoms with Crippen molar-refractivity contribution in [2.45, 2.75) is 51.2 Å². The lowest BCUT2D eigenvalue weighted by Crippen LogP contribution is -2.46. The van der Waals surface area contributed by atoms with Crippen molar-refractivity contribution in [3.8, 4) is 5.75 Å². The van der Waals surface area contributed by atoms with Crippen LogP contribution in [0.25, 0.3) is 10.8 Å². The molecule has 7 heteroatoms. The number of rotatable bonds is 10. The van der Waals surface area contributed by atoms with Crippen molar-refractivity contribution in [1.29, 1.82) is 0 Å². The van der Waals surface area contributed by atoms with E-state index in [-0.39, 0.29) is 24.2 Å². The summed E-state index contributed by atoms with van der Waals surface area (Å²) < 4.78 is 40.2. The van der Waals surface area contributed by atoms with Gasteiger partial charge in [0.1, 0.15) is 5.75 Å². The lowest BCUT2D eigenvalue weighted by molar-refractivity contribution is -0.147. The maximum absolute atomic E-state index is 13.3. The fraction of sp³-hybridized carbons (Fsp3) is 0.393. The van der Waals surface area contributed by atoms with E-state index in [1.54, 1.807) is 19.1 Å². The Labute approximate surface area is 207 Å². The van der Waals surface area contributed by atoms with Crippen LogP contribution in [0.5, 0.6) is 5.75 Å². The van der Waals surface area contributed by atoms with E-state index >= 15 is 0 Å². The third-order valence-corrected chi connectivity index (χ3v) is 8.01. The molecule has 0 amide bonds. The van der Waals surface area contributed by atoms with Crippen LogP contribution in [0.15, 0.2) is 72.8 Å². The minimum Gasteiger partial charge on any atom is -0.423 e. The molecule has 6 nitrogen and oxygen atoms in total. The normalized spacial score (nSPS) is 16.6. The second-order valence-corrected chi connectivity index (χ2v) is 10.8. The second kappa shape index (κ2) is 11.8. The lowest BCUT2D eigenvalue weighted by atomic mass is 9.78. The number of hydrogen-bond acceptors (Lipinski definition) is 5. The molecule has 3 aromatic rings. The number of esters is 1. The molecule has 2 unspecified atom stereocenters. The summed E-state index contributed by atoms with van der Waals surface area (Å²) in [6.45, 7) is 1.86. The quantitative estimate of drug-likeness (QED) is 0.232. The van der Waals surface area contributed by atoms with Crippen molar-refractivity contribution in [2.24, 2.45) is 5.92 Å². The number of hydrogen-bond donors (Lipinski definition) is 1. The molecule has 0 bridgehead atoms. The summed E-state index contributed by atoms with van der Waals surface area (Å²) >= 11 is 0. The van der Waals surface area contributed by atoms with Crippen LogP contribution in [0, 0.1) is 5.92 Å². The van der Waals surface area contributed by atoms with Gasteiger partial charge in [0.2, 0.25) is 16.3 Å². The van der Waals surface area contributed by atoms with E-state index in [1.165, 1.54) is 6.42 Å². The van der Waals surface area contributed by atoms with Gasteiger partial charge in [0.25, 0.3) is 0 Å². The van der Waals surface area contributed by atoms with Crippen molar-refractivity contribution >= 4 is 26.8 Å². The van der Waals surface area contributed by atoms with Crippen molar-refractivity contribution in [3.63, 3.8) is 0 Å². The molecule has 1 saturated carbocycles. The Balaban J connectivity index is 1.52. The molecule has 0 radical (unpaired) electrons. The zero-order valence-corrected chi connectivity index (χ0v) is 20.9.